The van der Waals surface area contributed by atoms with Crippen LogP contribution in [-0.2, 0) is 0 Å². The lowest BCUT2D eigenvalue weighted by molar-refractivity contribution is 0.601. The van der Waals surface area contributed by atoms with Crippen molar-refractivity contribution in [3.05, 3.63) is 41.7 Å². The molecule has 0 bridgehead atoms. The van der Waals surface area contributed by atoms with Gasteiger partial charge in [0.25, 0.3) is 0 Å². The Balaban J connectivity index is 0.000000531. The summed E-state index contributed by atoms with van der Waals surface area (Å²) < 4.78 is 5.65. The zero-order valence-electron chi connectivity index (χ0n) is 9.87. The summed E-state index contributed by atoms with van der Waals surface area (Å²) in [5.41, 5.74) is 2.18. The molecule has 0 unspecified atom stereocenters. The molecule has 0 fully saturated rings. The first-order valence-electron chi connectivity index (χ1n) is 5.43. The highest BCUT2D eigenvalue weighted by atomic mass is 16.3. The van der Waals surface area contributed by atoms with Crippen LogP contribution >= 0.6 is 0 Å². The van der Waals surface area contributed by atoms with Crippen molar-refractivity contribution >= 4 is 17.0 Å². The fourth-order valence-electron chi connectivity index (χ4n) is 1.50. The Bertz CT molecular complexity index is 449. The lowest BCUT2D eigenvalue weighted by atomic mass is 10.1. The van der Waals surface area contributed by atoms with Crippen LogP contribution in [0.5, 0.6) is 0 Å². The lowest BCUT2D eigenvalue weighted by Crippen LogP contribution is -1.70. The minimum absolute atomic E-state index is 0.962. The minimum atomic E-state index is 0.962. The van der Waals surface area contributed by atoms with Gasteiger partial charge in [-0.15, -0.1) is 0 Å². The Morgan fingerprint density at radius 1 is 1.13 bits per heavy atom. The van der Waals surface area contributed by atoms with Gasteiger partial charge < -0.3 is 4.42 Å². The molecule has 1 heteroatoms. The highest BCUT2D eigenvalue weighted by Crippen LogP contribution is 2.25. The molecule has 15 heavy (non-hydrogen) atoms. The van der Waals surface area contributed by atoms with Crippen molar-refractivity contribution in [1.29, 1.82) is 0 Å². The van der Waals surface area contributed by atoms with Crippen molar-refractivity contribution in [3.63, 3.8) is 0 Å². The first-order chi connectivity index (χ1) is 7.33. The van der Waals surface area contributed by atoms with Crippen LogP contribution in [-0.4, -0.2) is 0 Å². The molecular formula is C14H18O. The van der Waals surface area contributed by atoms with Gasteiger partial charge in [0.15, 0.2) is 0 Å². The third-order valence-electron chi connectivity index (χ3n) is 2.20. The van der Waals surface area contributed by atoms with Crippen molar-refractivity contribution in [2.45, 2.75) is 27.7 Å². The van der Waals surface area contributed by atoms with Gasteiger partial charge in [-0.1, -0.05) is 38.1 Å². The number of allylic oxidation sites excluding steroid dienone is 1. The standard InChI is InChI=1S/C12H12O.C2H6/c1-3-6-11-9(2)10-7-4-5-8-12(10)13-11;1-2/h3-8H,1-2H3;1-2H3/b6-3-;. The predicted octanol–water partition coefficient (Wildman–Crippen LogP) is 4.80. The van der Waals surface area contributed by atoms with Gasteiger partial charge in [-0.05, 0) is 26.0 Å². The lowest BCUT2D eigenvalue weighted by Gasteiger charge is -1.86. The van der Waals surface area contributed by atoms with Gasteiger partial charge in [0, 0.05) is 10.9 Å². The SMILES string of the molecule is C/C=C\c1oc2ccccc2c1C.CC. The molecule has 0 aliphatic heterocycles. The minimum Gasteiger partial charge on any atom is -0.456 e. The summed E-state index contributed by atoms with van der Waals surface area (Å²) in [5, 5.41) is 1.20. The maximum atomic E-state index is 5.65. The van der Waals surface area contributed by atoms with Crippen molar-refractivity contribution in [2.75, 3.05) is 0 Å². The van der Waals surface area contributed by atoms with E-state index in [9.17, 15) is 0 Å². The molecule has 2 rings (SSSR count). The molecule has 1 heterocycles. The van der Waals surface area contributed by atoms with E-state index in [1.165, 1.54) is 10.9 Å². The second kappa shape index (κ2) is 5.40. The molecular weight excluding hydrogens is 184 g/mol. The summed E-state index contributed by atoms with van der Waals surface area (Å²) in [6.07, 6.45) is 3.99. The van der Waals surface area contributed by atoms with E-state index in [0.717, 1.165) is 11.3 Å². The number of rotatable bonds is 1. The largest absolute Gasteiger partial charge is 0.456 e. The van der Waals surface area contributed by atoms with Crippen LogP contribution in [0.2, 0.25) is 0 Å². The molecule has 1 aromatic heterocycles. The van der Waals surface area contributed by atoms with Crippen molar-refractivity contribution < 1.29 is 4.42 Å². The first kappa shape index (κ1) is 11.6. The molecule has 0 atom stereocenters. The van der Waals surface area contributed by atoms with Crippen molar-refractivity contribution in [3.8, 4) is 0 Å². The van der Waals surface area contributed by atoms with Gasteiger partial charge in [-0.25, -0.2) is 0 Å². The van der Waals surface area contributed by atoms with E-state index in [2.05, 4.69) is 13.0 Å². The molecule has 0 radical (unpaired) electrons. The molecule has 1 aromatic carbocycles. The van der Waals surface area contributed by atoms with Crippen molar-refractivity contribution in [1.82, 2.24) is 0 Å². The Kier molecular flexibility index (Phi) is 4.17. The molecule has 0 aliphatic carbocycles. The van der Waals surface area contributed by atoms with Crippen molar-refractivity contribution in [2.24, 2.45) is 0 Å². The highest BCUT2D eigenvalue weighted by Gasteiger charge is 2.05. The van der Waals surface area contributed by atoms with E-state index in [1.807, 2.05) is 51.1 Å². The summed E-state index contributed by atoms with van der Waals surface area (Å²) in [4.78, 5) is 0. The smallest absolute Gasteiger partial charge is 0.135 e. The summed E-state index contributed by atoms with van der Waals surface area (Å²) in [5.74, 6) is 0.962. The Labute approximate surface area is 91.4 Å². The monoisotopic (exact) mass is 202 g/mol. The maximum absolute atomic E-state index is 5.65. The van der Waals surface area contributed by atoms with Crippen LogP contribution in [0.3, 0.4) is 0 Å². The fraction of sp³-hybridized carbons (Fsp3) is 0.286. The van der Waals surface area contributed by atoms with Gasteiger partial charge in [0.1, 0.15) is 11.3 Å². The predicted molar refractivity (Wildman–Crippen MR) is 67.0 cm³/mol. The first-order valence-corrected chi connectivity index (χ1v) is 5.43. The van der Waals surface area contributed by atoms with E-state index in [-0.39, 0.29) is 0 Å². The number of aryl methyl sites for hydroxylation is 1. The number of fused-ring (bicyclic) bond motifs is 1. The number of para-hydroxylation sites is 1. The zero-order valence-corrected chi connectivity index (χ0v) is 9.87. The molecule has 0 saturated heterocycles. The van der Waals surface area contributed by atoms with Gasteiger partial charge in [-0.3, -0.25) is 0 Å². The summed E-state index contributed by atoms with van der Waals surface area (Å²) in [6.45, 7) is 8.08. The van der Waals surface area contributed by atoms with E-state index in [0.29, 0.717) is 0 Å². The Hall–Kier alpha value is -1.50. The Morgan fingerprint density at radius 2 is 1.80 bits per heavy atom. The van der Waals surface area contributed by atoms with Crippen LogP contribution in [0.25, 0.3) is 17.0 Å². The molecule has 0 N–H and O–H groups in total. The summed E-state index contributed by atoms with van der Waals surface area (Å²) in [6, 6.07) is 8.10. The average molecular weight is 202 g/mol. The normalized spacial score (nSPS) is 10.4. The quantitative estimate of drug-likeness (QED) is 0.647. The van der Waals surface area contributed by atoms with E-state index >= 15 is 0 Å². The van der Waals surface area contributed by atoms with Gasteiger partial charge in [-0.2, -0.15) is 0 Å². The summed E-state index contributed by atoms with van der Waals surface area (Å²) in [7, 11) is 0. The van der Waals surface area contributed by atoms with Gasteiger partial charge >= 0.3 is 0 Å². The van der Waals surface area contributed by atoms with Crippen LogP contribution in [0, 0.1) is 6.92 Å². The number of hydrogen-bond acceptors (Lipinski definition) is 1. The van der Waals surface area contributed by atoms with Crippen LogP contribution in [0.15, 0.2) is 34.8 Å². The van der Waals surface area contributed by atoms with E-state index < -0.39 is 0 Å². The van der Waals surface area contributed by atoms with Gasteiger partial charge in [0.2, 0.25) is 0 Å². The fourth-order valence-corrected chi connectivity index (χ4v) is 1.50. The molecule has 1 nitrogen and oxygen atoms in total. The molecule has 80 valence electrons. The number of hydrogen-bond donors (Lipinski definition) is 0. The maximum Gasteiger partial charge on any atom is 0.135 e. The Morgan fingerprint density at radius 3 is 2.40 bits per heavy atom. The second-order valence-electron chi connectivity index (χ2n) is 3.09. The average Bonchev–Trinajstić information content (AvgIpc) is 2.60. The second-order valence-corrected chi connectivity index (χ2v) is 3.09. The van der Waals surface area contributed by atoms with Crippen LogP contribution in [0.4, 0.5) is 0 Å². The van der Waals surface area contributed by atoms with E-state index in [4.69, 9.17) is 4.42 Å². The van der Waals surface area contributed by atoms with Crippen LogP contribution in [0.1, 0.15) is 32.1 Å². The molecule has 0 aliphatic rings. The molecule has 2 aromatic rings. The molecule has 0 amide bonds. The highest BCUT2D eigenvalue weighted by molar-refractivity contribution is 5.84. The third-order valence-corrected chi connectivity index (χ3v) is 2.20. The van der Waals surface area contributed by atoms with E-state index in [1.54, 1.807) is 0 Å². The molecule has 0 saturated carbocycles. The topological polar surface area (TPSA) is 13.1 Å². The zero-order chi connectivity index (χ0) is 11.3. The summed E-state index contributed by atoms with van der Waals surface area (Å²) >= 11 is 0. The molecule has 0 spiro atoms. The number of benzene rings is 1. The van der Waals surface area contributed by atoms with Gasteiger partial charge in [0.05, 0.1) is 0 Å². The van der Waals surface area contributed by atoms with Crippen LogP contribution < -0.4 is 0 Å². The third kappa shape index (κ3) is 2.30. The number of furan rings is 1.